The van der Waals surface area contributed by atoms with E-state index < -0.39 is 5.92 Å². The van der Waals surface area contributed by atoms with Crippen molar-refractivity contribution in [3.8, 4) is 0 Å². The molecule has 3 aliphatic rings. The van der Waals surface area contributed by atoms with Gasteiger partial charge in [-0.2, -0.15) is 0 Å². The van der Waals surface area contributed by atoms with Gasteiger partial charge < -0.3 is 9.30 Å². The number of fused-ring (bicyclic) bond motifs is 1. The Labute approximate surface area is 217 Å². The maximum absolute atomic E-state index is 11.7. The van der Waals surface area contributed by atoms with Crippen molar-refractivity contribution in [2.75, 3.05) is 6.61 Å². The van der Waals surface area contributed by atoms with Gasteiger partial charge >= 0.3 is 5.97 Å². The topological polar surface area (TPSA) is 134 Å². The Morgan fingerprint density at radius 2 is 1.46 bits per heavy atom. The van der Waals surface area contributed by atoms with Crippen LogP contribution in [0.3, 0.4) is 0 Å². The molecule has 0 spiro atoms. The molecule has 0 aliphatic heterocycles. The van der Waals surface area contributed by atoms with Crippen LogP contribution in [-0.2, 0) is 46.5 Å². The zero-order valence-electron chi connectivity index (χ0n) is 22.1. The molecule has 0 unspecified atom stereocenters. The van der Waals surface area contributed by atoms with Gasteiger partial charge in [-0.05, 0) is 52.5 Å². The third-order valence-corrected chi connectivity index (χ3v) is 6.55. The first-order chi connectivity index (χ1) is 17.5. The molecule has 0 radical (unpaired) electrons. The number of hydrogen-bond acceptors (Lipinski definition) is 8. The number of ketones is 6. The third-order valence-electron chi connectivity index (χ3n) is 6.55. The highest BCUT2D eigenvalue weighted by Crippen LogP contribution is 2.25. The Bertz CT molecular complexity index is 1030. The third kappa shape index (κ3) is 9.30. The second kappa shape index (κ2) is 14.5. The minimum atomic E-state index is -0.615. The number of aryl methyl sites for hydroxylation is 1. The molecule has 0 saturated heterocycles. The maximum Gasteiger partial charge on any atom is 0.325 e. The van der Waals surface area contributed by atoms with Gasteiger partial charge in [0.25, 0.3) is 0 Å². The maximum atomic E-state index is 11.7. The first-order valence-electron chi connectivity index (χ1n) is 13.0. The van der Waals surface area contributed by atoms with Gasteiger partial charge in [0.15, 0.2) is 5.78 Å². The van der Waals surface area contributed by atoms with Crippen molar-refractivity contribution < 1.29 is 38.3 Å². The van der Waals surface area contributed by atoms with E-state index in [1.165, 1.54) is 6.92 Å². The summed E-state index contributed by atoms with van der Waals surface area (Å²) in [7, 11) is 0. The molecule has 9 heteroatoms. The molecule has 0 N–H and O–H groups in total. The molecule has 0 aromatic carbocycles. The molecule has 1 heterocycles. The molecule has 1 aromatic heterocycles. The summed E-state index contributed by atoms with van der Waals surface area (Å²) in [6.45, 7) is 5.72. The summed E-state index contributed by atoms with van der Waals surface area (Å²) < 4.78 is 6.85. The molecule has 2 fully saturated rings. The Kier molecular flexibility index (Phi) is 11.8. The lowest BCUT2D eigenvalue weighted by molar-refractivity contribution is -0.144. The second-order valence-corrected chi connectivity index (χ2v) is 9.67. The van der Waals surface area contributed by atoms with Crippen molar-refractivity contribution in [2.45, 2.75) is 97.9 Å². The quantitative estimate of drug-likeness (QED) is 0.430. The van der Waals surface area contributed by atoms with Crippen molar-refractivity contribution in [1.82, 2.24) is 4.57 Å². The normalized spacial score (nSPS) is 17.8. The van der Waals surface area contributed by atoms with Gasteiger partial charge in [-0.25, -0.2) is 0 Å². The SMILES string of the molecule is CC(=O)CC1C(=O)CCCC1=O.CCOC(=O)Cn1c(C)cc2c1CCCC2=O.O=C1CCCC(=O)C1. The average molecular weight is 516 g/mol. The van der Waals surface area contributed by atoms with Crippen molar-refractivity contribution in [2.24, 2.45) is 5.92 Å². The molecule has 0 amide bonds. The van der Waals surface area contributed by atoms with Crippen LogP contribution in [0.1, 0.15) is 99.8 Å². The Morgan fingerprint density at radius 3 is 1.97 bits per heavy atom. The van der Waals surface area contributed by atoms with Crippen LogP contribution in [0.25, 0.3) is 0 Å². The number of hydrogen-bond donors (Lipinski definition) is 0. The first kappa shape index (κ1) is 30.0. The molecule has 9 nitrogen and oxygen atoms in total. The van der Waals surface area contributed by atoms with E-state index in [2.05, 4.69) is 0 Å². The van der Waals surface area contributed by atoms with Crippen LogP contribution in [-0.4, -0.2) is 51.8 Å². The van der Waals surface area contributed by atoms with E-state index in [1.807, 2.05) is 17.6 Å². The highest BCUT2D eigenvalue weighted by Gasteiger charge is 2.30. The van der Waals surface area contributed by atoms with Gasteiger partial charge in [0.05, 0.1) is 18.9 Å². The van der Waals surface area contributed by atoms with Crippen molar-refractivity contribution >= 4 is 40.7 Å². The first-order valence-corrected chi connectivity index (χ1v) is 13.0. The standard InChI is InChI=1S/C13H17NO3.C9H12O3.C6H8O2/c1-3-17-13(16)8-14-9(2)7-10-11(14)5-4-6-12(10)15;1-6(10)5-7-8(11)3-2-4-9(7)12;7-5-2-1-3-6(8)4-5/h7H,3-6,8H2,1-2H3;7H,2-5H2,1H3;1-4H2. The number of ether oxygens (including phenoxy) is 1. The van der Waals surface area contributed by atoms with E-state index in [0.717, 1.165) is 36.2 Å². The van der Waals surface area contributed by atoms with Crippen LogP contribution >= 0.6 is 0 Å². The summed E-state index contributed by atoms with van der Waals surface area (Å²) in [4.78, 5) is 77.2. The summed E-state index contributed by atoms with van der Waals surface area (Å²) in [5.41, 5.74) is 2.74. The number of nitrogens with zero attached hydrogens (tertiary/aromatic N) is 1. The van der Waals surface area contributed by atoms with Gasteiger partial charge in [-0.3, -0.25) is 33.6 Å². The fraction of sp³-hybridized carbons (Fsp3) is 0.607. The summed E-state index contributed by atoms with van der Waals surface area (Å²) in [6, 6.07) is 1.88. The van der Waals surface area contributed by atoms with E-state index in [0.29, 0.717) is 45.1 Å². The molecule has 4 rings (SSSR count). The van der Waals surface area contributed by atoms with Gasteiger partial charge in [0, 0.05) is 55.5 Å². The van der Waals surface area contributed by atoms with E-state index in [1.54, 1.807) is 6.92 Å². The summed E-state index contributed by atoms with van der Waals surface area (Å²) in [6.07, 6.45) is 6.26. The number of esters is 1. The molecule has 3 aliphatic carbocycles. The fourth-order valence-corrected chi connectivity index (χ4v) is 4.71. The molecule has 0 bridgehead atoms. The molecular formula is C28H37NO8. The Hall–Kier alpha value is -3.23. The predicted octanol–water partition coefficient (Wildman–Crippen LogP) is 3.48. The molecular weight excluding hydrogens is 478 g/mol. The van der Waals surface area contributed by atoms with Crippen LogP contribution in [0.15, 0.2) is 6.07 Å². The number of aromatic nitrogens is 1. The second-order valence-electron chi connectivity index (χ2n) is 9.67. The predicted molar refractivity (Wildman–Crippen MR) is 134 cm³/mol. The average Bonchev–Trinajstić information content (AvgIpc) is 3.14. The Morgan fingerprint density at radius 1 is 0.892 bits per heavy atom. The van der Waals surface area contributed by atoms with Crippen LogP contribution in [0, 0.1) is 12.8 Å². The summed E-state index contributed by atoms with van der Waals surface area (Å²) in [5.74, 6) is -0.630. The fourth-order valence-electron chi connectivity index (χ4n) is 4.71. The zero-order chi connectivity index (χ0) is 27.5. The number of Topliss-reactive ketones (excluding diaryl/α,β-unsaturated/α-hetero) is 6. The lowest BCUT2D eigenvalue weighted by Crippen LogP contribution is -2.30. The van der Waals surface area contributed by atoms with Crippen molar-refractivity contribution in [3.05, 3.63) is 23.0 Å². The van der Waals surface area contributed by atoms with Crippen molar-refractivity contribution in [1.29, 1.82) is 0 Å². The van der Waals surface area contributed by atoms with Gasteiger partial charge in [-0.15, -0.1) is 0 Å². The smallest absolute Gasteiger partial charge is 0.325 e. The lowest BCUT2D eigenvalue weighted by atomic mass is 9.84. The van der Waals surface area contributed by atoms with E-state index >= 15 is 0 Å². The Balaban J connectivity index is 0.000000210. The van der Waals surface area contributed by atoms with Crippen LogP contribution in [0.4, 0.5) is 0 Å². The molecule has 2 saturated carbocycles. The summed E-state index contributed by atoms with van der Waals surface area (Å²) in [5, 5.41) is 0. The van der Waals surface area contributed by atoms with E-state index in [-0.39, 0.29) is 60.1 Å². The minimum Gasteiger partial charge on any atom is -0.465 e. The van der Waals surface area contributed by atoms with E-state index in [9.17, 15) is 33.6 Å². The molecule has 37 heavy (non-hydrogen) atoms. The molecule has 202 valence electrons. The van der Waals surface area contributed by atoms with E-state index in [4.69, 9.17) is 4.74 Å². The van der Waals surface area contributed by atoms with Gasteiger partial charge in [0.2, 0.25) is 0 Å². The monoisotopic (exact) mass is 515 g/mol. The number of rotatable bonds is 5. The van der Waals surface area contributed by atoms with Crippen molar-refractivity contribution in [3.63, 3.8) is 0 Å². The van der Waals surface area contributed by atoms with Gasteiger partial charge in [-0.1, -0.05) is 0 Å². The van der Waals surface area contributed by atoms with Gasteiger partial charge in [0.1, 0.15) is 35.5 Å². The number of carbonyl (C=O) groups is 7. The van der Waals surface area contributed by atoms with Crippen LogP contribution < -0.4 is 0 Å². The molecule has 1 aromatic rings. The highest BCUT2D eigenvalue weighted by atomic mass is 16.5. The van der Waals surface area contributed by atoms with Crippen LogP contribution in [0.5, 0.6) is 0 Å². The van der Waals surface area contributed by atoms with Crippen LogP contribution in [0.2, 0.25) is 0 Å². The lowest BCUT2D eigenvalue weighted by Gasteiger charge is -2.17. The highest BCUT2D eigenvalue weighted by molar-refractivity contribution is 6.06. The molecule has 0 atom stereocenters. The number of carbonyl (C=O) groups excluding carboxylic acids is 7. The largest absolute Gasteiger partial charge is 0.465 e. The minimum absolute atomic E-state index is 0.0542. The zero-order valence-corrected chi connectivity index (χ0v) is 22.1. The summed E-state index contributed by atoms with van der Waals surface area (Å²) >= 11 is 0.